The molecule has 4 rings (SSSR count). The van der Waals surface area contributed by atoms with E-state index >= 15 is 0 Å². The van der Waals surface area contributed by atoms with Crippen molar-refractivity contribution in [3.8, 4) is 23.0 Å². The van der Waals surface area contributed by atoms with Crippen molar-refractivity contribution in [2.24, 2.45) is 0 Å². The molecular formula is C26H26N6S. The van der Waals surface area contributed by atoms with Crippen molar-refractivity contribution >= 4 is 23.4 Å². The summed E-state index contributed by atoms with van der Waals surface area (Å²) in [6.07, 6.45) is 5.33. The van der Waals surface area contributed by atoms with Crippen LogP contribution >= 0.6 is 11.8 Å². The first kappa shape index (κ1) is 22.6. The highest BCUT2D eigenvalue weighted by atomic mass is 32.2. The number of hydrogen-bond acceptors (Lipinski definition) is 6. The van der Waals surface area contributed by atoms with E-state index in [0.29, 0.717) is 11.5 Å². The number of para-hydroxylation sites is 1. The topological polar surface area (TPSA) is 79.4 Å². The molecule has 33 heavy (non-hydrogen) atoms. The van der Waals surface area contributed by atoms with Gasteiger partial charge in [0.1, 0.15) is 5.03 Å². The molecule has 0 spiro atoms. The molecule has 0 aliphatic carbocycles. The molecule has 6 nitrogen and oxygen atoms in total. The van der Waals surface area contributed by atoms with E-state index in [4.69, 9.17) is 15.3 Å². The third-order valence-electron chi connectivity index (χ3n) is 5.25. The van der Waals surface area contributed by atoms with E-state index in [1.807, 2.05) is 41.1 Å². The van der Waals surface area contributed by atoms with Gasteiger partial charge in [-0.2, -0.15) is 10.4 Å². The predicted molar refractivity (Wildman–Crippen MR) is 134 cm³/mol. The highest BCUT2D eigenvalue weighted by Gasteiger charge is 2.19. The Morgan fingerprint density at radius 3 is 2.55 bits per heavy atom. The van der Waals surface area contributed by atoms with E-state index in [2.05, 4.69) is 42.4 Å². The minimum Gasteiger partial charge on any atom is -0.324 e. The minimum absolute atomic E-state index is 0.506. The second-order valence-corrected chi connectivity index (χ2v) is 8.73. The molecule has 1 N–H and O–H groups in total. The summed E-state index contributed by atoms with van der Waals surface area (Å²) in [5.41, 5.74) is 5.38. The van der Waals surface area contributed by atoms with Gasteiger partial charge >= 0.3 is 0 Å². The van der Waals surface area contributed by atoms with Crippen LogP contribution in [0.15, 0.2) is 71.9 Å². The summed E-state index contributed by atoms with van der Waals surface area (Å²) in [6, 6.07) is 21.5. The highest BCUT2D eigenvalue weighted by Crippen LogP contribution is 2.35. The maximum atomic E-state index is 9.00. The van der Waals surface area contributed by atoms with Crippen LogP contribution in [0.2, 0.25) is 0 Å². The number of benzene rings is 2. The molecule has 166 valence electrons. The monoisotopic (exact) mass is 454 g/mol. The molecule has 0 unspecified atom stereocenters. The van der Waals surface area contributed by atoms with Gasteiger partial charge in [0.25, 0.3) is 0 Å². The van der Waals surface area contributed by atoms with E-state index < -0.39 is 0 Å². The lowest BCUT2D eigenvalue weighted by Crippen LogP contribution is -2.00. The van der Waals surface area contributed by atoms with Gasteiger partial charge in [0, 0.05) is 11.9 Å². The second-order valence-electron chi connectivity index (χ2n) is 7.65. The van der Waals surface area contributed by atoms with Crippen LogP contribution in [0.4, 0.5) is 11.6 Å². The number of unbranched alkanes of at least 4 members (excludes halogenated alkanes) is 2. The molecule has 0 aliphatic heterocycles. The van der Waals surface area contributed by atoms with E-state index in [1.54, 1.807) is 30.1 Å². The van der Waals surface area contributed by atoms with E-state index in [-0.39, 0.29) is 0 Å². The number of nitrogens with zero attached hydrogens (tertiary/aromatic N) is 5. The zero-order chi connectivity index (χ0) is 23.0. The first-order valence-corrected chi connectivity index (χ1v) is 12.1. The molecule has 0 radical (unpaired) electrons. The summed E-state index contributed by atoms with van der Waals surface area (Å²) in [6.45, 7) is 4.30. The van der Waals surface area contributed by atoms with Crippen molar-refractivity contribution in [2.75, 3.05) is 11.1 Å². The van der Waals surface area contributed by atoms with Crippen LogP contribution in [0, 0.1) is 18.3 Å². The molecule has 0 bridgehead atoms. The van der Waals surface area contributed by atoms with Crippen molar-refractivity contribution in [3.05, 3.63) is 78.1 Å². The van der Waals surface area contributed by atoms with E-state index in [0.717, 1.165) is 45.5 Å². The van der Waals surface area contributed by atoms with Crippen LogP contribution in [0.25, 0.3) is 16.9 Å². The van der Waals surface area contributed by atoms with Crippen LogP contribution in [0.5, 0.6) is 0 Å². The average molecular weight is 455 g/mol. The largest absolute Gasteiger partial charge is 0.324 e. The van der Waals surface area contributed by atoms with Crippen LogP contribution in [0.3, 0.4) is 0 Å². The Hall–Kier alpha value is -3.63. The number of nitrogens with one attached hydrogen (secondary N) is 1. The molecule has 0 fully saturated rings. The highest BCUT2D eigenvalue weighted by molar-refractivity contribution is 7.99. The van der Waals surface area contributed by atoms with Crippen molar-refractivity contribution in [1.82, 2.24) is 19.7 Å². The Kier molecular flexibility index (Phi) is 7.38. The smallest absolute Gasteiger partial charge is 0.227 e. The van der Waals surface area contributed by atoms with Gasteiger partial charge in [0.15, 0.2) is 0 Å². The zero-order valence-corrected chi connectivity index (χ0v) is 19.6. The van der Waals surface area contributed by atoms with Gasteiger partial charge in [-0.15, -0.1) is 11.8 Å². The first-order valence-electron chi connectivity index (χ1n) is 11.1. The fraction of sp³-hybridized carbons (Fsp3) is 0.231. The maximum absolute atomic E-state index is 9.00. The minimum atomic E-state index is 0.506. The van der Waals surface area contributed by atoms with Crippen molar-refractivity contribution in [3.63, 3.8) is 0 Å². The predicted octanol–water partition coefficient (Wildman–Crippen LogP) is 6.54. The number of thioether (sulfide) groups is 1. The van der Waals surface area contributed by atoms with Gasteiger partial charge < -0.3 is 5.32 Å². The third-order valence-corrected chi connectivity index (χ3v) is 6.31. The van der Waals surface area contributed by atoms with Gasteiger partial charge in [0.05, 0.1) is 34.3 Å². The molecule has 0 amide bonds. The summed E-state index contributed by atoms with van der Waals surface area (Å²) in [4.78, 5) is 9.19. The van der Waals surface area contributed by atoms with E-state index in [1.165, 1.54) is 12.8 Å². The van der Waals surface area contributed by atoms with Gasteiger partial charge in [0.2, 0.25) is 5.95 Å². The average Bonchev–Trinajstić information content (AvgIpc) is 3.19. The first-order chi connectivity index (χ1) is 16.2. The summed E-state index contributed by atoms with van der Waals surface area (Å²) < 4.78 is 1.99. The SMILES string of the molecule is CCCCCSc1nn(-c2ccccc2)c(C)c1-c1ccnc(Nc2ccc(C#N)cc2)n1. The fourth-order valence-electron chi connectivity index (χ4n) is 3.53. The van der Waals surface area contributed by atoms with Crippen molar-refractivity contribution < 1.29 is 0 Å². The lowest BCUT2D eigenvalue weighted by molar-refractivity contribution is 0.776. The Labute approximate surface area is 198 Å². The van der Waals surface area contributed by atoms with Gasteiger partial charge in [-0.3, -0.25) is 0 Å². The third kappa shape index (κ3) is 5.41. The molecule has 4 aromatic rings. The number of anilines is 2. The summed E-state index contributed by atoms with van der Waals surface area (Å²) in [5, 5.41) is 18.2. The molecule has 2 aromatic carbocycles. The Morgan fingerprint density at radius 1 is 1.03 bits per heavy atom. The molecular weight excluding hydrogens is 428 g/mol. The van der Waals surface area contributed by atoms with Gasteiger partial charge in [-0.1, -0.05) is 38.0 Å². The van der Waals surface area contributed by atoms with Crippen LogP contribution in [-0.4, -0.2) is 25.5 Å². The number of aromatic nitrogens is 4. The van der Waals surface area contributed by atoms with Crippen LogP contribution in [-0.2, 0) is 0 Å². The fourth-order valence-corrected chi connectivity index (χ4v) is 4.61. The Bertz CT molecular complexity index is 1240. The lowest BCUT2D eigenvalue weighted by Gasteiger charge is -2.08. The maximum Gasteiger partial charge on any atom is 0.227 e. The standard InChI is InChI=1S/C26H26N6S/c1-3-4-8-17-33-25-24(19(2)32(31-25)22-9-6-5-7-10-22)23-15-16-28-26(30-23)29-21-13-11-20(18-27)12-14-21/h5-7,9-16H,3-4,8,17H2,1-2H3,(H,28,29,30). The molecule has 2 aromatic heterocycles. The summed E-state index contributed by atoms with van der Waals surface area (Å²) >= 11 is 1.78. The number of hydrogen-bond donors (Lipinski definition) is 1. The normalized spacial score (nSPS) is 10.7. The lowest BCUT2D eigenvalue weighted by atomic mass is 10.2. The molecule has 0 saturated heterocycles. The van der Waals surface area contributed by atoms with E-state index in [9.17, 15) is 0 Å². The Balaban J connectivity index is 1.68. The van der Waals surface area contributed by atoms with Crippen molar-refractivity contribution in [2.45, 2.75) is 38.1 Å². The quantitative estimate of drug-likeness (QED) is 0.229. The second kappa shape index (κ2) is 10.8. The Morgan fingerprint density at radius 2 is 1.82 bits per heavy atom. The van der Waals surface area contributed by atoms with Crippen molar-refractivity contribution in [1.29, 1.82) is 5.26 Å². The molecule has 0 aliphatic rings. The molecule has 0 atom stereocenters. The summed E-state index contributed by atoms with van der Waals surface area (Å²) in [7, 11) is 0. The molecule has 7 heteroatoms. The van der Waals surface area contributed by atoms with Gasteiger partial charge in [-0.05, 0) is 61.6 Å². The van der Waals surface area contributed by atoms with Gasteiger partial charge in [-0.25, -0.2) is 14.6 Å². The van der Waals surface area contributed by atoms with Crippen LogP contribution < -0.4 is 5.32 Å². The number of nitriles is 1. The summed E-state index contributed by atoms with van der Waals surface area (Å²) in [5.74, 6) is 1.53. The molecule has 0 saturated carbocycles. The zero-order valence-electron chi connectivity index (χ0n) is 18.8. The van der Waals surface area contributed by atoms with Crippen LogP contribution in [0.1, 0.15) is 37.4 Å². The number of rotatable bonds is 9. The molecule has 2 heterocycles.